The normalized spacial score (nSPS) is 11.3. The fourth-order valence-corrected chi connectivity index (χ4v) is 1.35. The van der Waals surface area contributed by atoms with Gasteiger partial charge in [0.25, 0.3) is 5.91 Å². The average molecular weight is 276 g/mol. The minimum Gasteiger partial charge on any atom is -0.478 e. The van der Waals surface area contributed by atoms with E-state index in [1.54, 1.807) is 0 Å². The predicted molar refractivity (Wildman–Crippen MR) is 72.8 cm³/mol. The summed E-state index contributed by atoms with van der Waals surface area (Å²) in [4.78, 5) is 33.8. The van der Waals surface area contributed by atoms with Gasteiger partial charge in [0.05, 0.1) is 0 Å². The van der Waals surface area contributed by atoms with Crippen LogP contribution in [0.4, 0.5) is 4.79 Å². The van der Waals surface area contributed by atoms with Crippen molar-refractivity contribution >= 4 is 17.9 Å². The van der Waals surface area contributed by atoms with Crippen LogP contribution in [0, 0.1) is 0 Å². The summed E-state index contributed by atoms with van der Waals surface area (Å²) in [6, 6.07) is 8.53. The highest BCUT2D eigenvalue weighted by Crippen LogP contribution is 2.03. The van der Waals surface area contributed by atoms with Crippen LogP contribution in [0.15, 0.2) is 41.5 Å². The van der Waals surface area contributed by atoms with Crippen LogP contribution in [0.1, 0.15) is 19.4 Å². The highest BCUT2D eigenvalue weighted by molar-refractivity contribution is 6.07. The van der Waals surface area contributed by atoms with Crippen LogP contribution in [-0.4, -0.2) is 23.0 Å². The fraction of sp³-hybridized carbons (Fsp3) is 0.214. The molecule has 0 unspecified atom stereocenters. The molecular weight excluding hydrogens is 260 g/mol. The molecule has 0 aliphatic rings. The van der Waals surface area contributed by atoms with E-state index in [9.17, 15) is 14.4 Å². The molecule has 0 aliphatic heterocycles. The molecule has 3 amide bonds. The van der Waals surface area contributed by atoms with Crippen molar-refractivity contribution in [3.8, 4) is 0 Å². The third-order valence-electron chi connectivity index (χ3n) is 2.75. The molecule has 1 aromatic rings. The number of amides is 3. The Morgan fingerprint density at radius 3 is 2.20 bits per heavy atom. The number of aliphatic carboxylic acids is 1. The van der Waals surface area contributed by atoms with Gasteiger partial charge in [-0.05, 0) is 19.4 Å². The molecule has 0 saturated carbocycles. The smallest absolute Gasteiger partial charge is 0.331 e. The number of hydrogen-bond acceptors (Lipinski definition) is 3. The molecule has 0 bridgehead atoms. The zero-order valence-corrected chi connectivity index (χ0v) is 11.3. The lowest BCUT2D eigenvalue weighted by Gasteiger charge is -2.08. The highest BCUT2D eigenvalue weighted by Gasteiger charge is 2.14. The molecule has 6 heteroatoms. The molecule has 0 spiro atoms. The first-order chi connectivity index (χ1) is 9.41. The Morgan fingerprint density at radius 1 is 1.05 bits per heavy atom. The molecular formula is C14H16N2O4. The van der Waals surface area contributed by atoms with Crippen molar-refractivity contribution < 1.29 is 19.5 Å². The van der Waals surface area contributed by atoms with Gasteiger partial charge < -0.3 is 10.4 Å². The number of benzene rings is 1. The van der Waals surface area contributed by atoms with Gasteiger partial charge in [-0.1, -0.05) is 30.3 Å². The van der Waals surface area contributed by atoms with E-state index in [1.165, 1.54) is 13.8 Å². The third kappa shape index (κ3) is 4.56. The van der Waals surface area contributed by atoms with Crippen molar-refractivity contribution in [2.24, 2.45) is 0 Å². The van der Waals surface area contributed by atoms with E-state index in [0.717, 1.165) is 5.56 Å². The maximum Gasteiger partial charge on any atom is 0.331 e. The SMILES string of the molecule is CC(C(=O)O)=C(C)C(=O)NC(=O)NCc1ccccc1. The second kappa shape index (κ2) is 7.08. The van der Waals surface area contributed by atoms with Gasteiger partial charge in [0.1, 0.15) is 0 Å². The molecule has 0 heterocycles. The van der Waals surface area contributed by atoms with Gasteiger partial charge in [0.15, 0.2) is 0 Å². The summed E-state index contributed by atoms with van der Waals surface area (Å²) in [7, 11) is 0. The summed E-state index contributed by atoms with van der Waals surface area (Å²) in [6.45, 7) is 2.93. The molecule has 3 N–H and O–H groups in total. The van der Waals surface area contributed by atoms with E-state index < -0.39 is 17.9 Å². The summed E-state index contributed by atoms with van der Waals surface area (Å²) >= 11 is 0. The summed E-state index contributed by atoms with van der Waals surface area (Å²) in [5.41, 5.74) is 0.787. The quantitative estimate of drug-likeness (QED) is 0.725. The summed E-state index contributed by atoms with van der Waals surface area (Å²) in [5.74, 6) is -1.92. The maximum absolute atomic E-state index is 11.6. The van der Waals surface area contributed by atoms with Gasteiger partial charge in [-0.2, -0.15) is 0 Å². The number of imide groups is 1. The van der Waals surface area contributed by atoms with Gasteiger partial charge in [-0.15, -0.1) is 0 Å². The van der Waals surface area contributed by atoms with Crippen LogP contribution in [-0.2, 0) is 16.1 Å². The molecule has 6 nitrogen and oxygen atoms in total. The summed E-state index contributed by atoms with van der Waals surface area (Å²) in [6.07, 6.45) is 0. The monoisotopic (exact) mass is 276 g/mol. The van der Waals surface area contributed by atoms with Crippen LogP contribution in [0.2, 0.25) is 0 Å². The van der Waals surface area contributed by atoms with Gasteiger partial charge >= 0.3 is 12.0 Å². The van der Waals surface area contributed by atoms with E-state index in [1.807, 2.05) is 30.3 Å². The van der Waals surface area contributed by atoms with Crippen molar-refractivity contribution in [3.05, 3.63) is 47.0 Å². The van der Waals surface area contributed by atoms with Gasteiger partial charge in [0.2, 0.25) is 0 Å². The van der Waals surface area contributed by atoms with E-state index in [4.69, 9.17) is 5.11 Å². The molecule has 0 aliphatic carbocycles. The number of carboxylic acids is 1. The second-order valence-electron chi connectivity index (χ2n) is 4.18. The largest absolute Gasteiger partial charge is 0.478 e. The zero-order chi connectivity index (χ0) is 15.1. The molecule has 1 aromatic carbocycles. The van der Waals surface area contributed by atoms with Crippen LogP contribution < -0.4 is 10.6 Å². The highest BCUT2D eigenvalue weighted by atomic mass is 16.4. The topological polar surface area (TPSA) is 95.5 Å². The van der Waals surface area contributed by atoms with Crippen LogP contribution in [0.3, 0.4) is 0 Å². The van der Waals surface area contributed by atoms with Gasteiger partial charge in [-0.3, -0.25) is 10.1 Å². The lowest BCUT2D eigenvalue weighted by atomic mass is 10.1. The molecule has 106 valence electrons. The molecule has 20 heavy (non-hydrogen) atoms. The maximum atomic E-state index is 11.6. The summed E-state index contributed by atoms with van der Waals surface area (Å²) < 4.78 is 0. The van der Waals surface area contributed by atoms with Crippen molar-refractivity contribution in [1.29, 1.82) is 0 Å². The summed E-state index contributed by atoms with van der Waals surface area (Å²) in [5, 5.41) is 13.3. The zero-order valence-electron chi connectivity index (χ0n) is 11.3. The first-order valence-corrected chi connectivity index (χ1v) is 5.95. The number of rotatable bonds is 4. The Morgan fingerprint density at radius 2 is 1.65 bits per heavy atom. The van der Waals surface area contributed by atoms with E-state index in [0.29, 0.717) is 0 Å². The van der Waals surface area contributed by atoms with Crippen molar-refractivity contribution in [3.63, 3.8) is 0 Å². The Bertz CT molecular complexity index is 550. The lowest BCUT2D eigenvalue weighted by molar-refractivity contribution is -0.133. The van der Waals surface area contributed by atoms with E-state index in [-0.39, 0.29) is 17.7 Å². The van der Waals surface area contributed by atoms with Crippen molar-refractivity contribution in [1.82, 2.24) is 10.6 Å². The fourth-order valence-electron chi connectivity index (χ4n) is 1.35. The molecule has 0 atom stereocenters. The standard InChI is InChI=1S/C14H16N2O4/c1-9(10(2)13(18)19)12(17)16-14(20)15-8-11-6-4-3-5-7-11/h3-7H,8H2,1-2H3,(H,18,19)(H2,15,16,17,20). The number of urea groups is 1. The second-order valence-corrected chi connectivity index (χ2v) is 4.18. The number of carbonyl (C=O) groups is 3. The minimum absolute atomic E-state index is 0.00707. The van der Waals surface area contributed by atoms with E-state index in [2.05, 4.69) is 10.6 Å². The molecule has 1 rings (SSSR count). The molecule has 0 aromatic heterocycles. The molecule has 0 saturated heterocycles. The Balaban J connectivity index is 2.53. The average Bonchev–Trinajstić information content (AvgIpc) is 2.44. The van der Waals surface area contributed by atoms with E-state index >= 15 is 0 Å². The lowest BCUT2D eigenvalue weighted by Crippen LogP contribution is -2.39. The van der Waals surface area contributed by atoms with Gasteiger partial charge in [-0.25, -0.2) is 9.59 Å². The van der Waals surface area contributed by atoms with Gasteiger partial charge in [0, 0.05) is 17.7 Å². The Labute approximate surface area is 116 Å². The third-order valence-corrected chi connectivity index (χ3v) is 2.75. The number of nitrogens with one attached hydrogen (secondary N) is 2. The van der Waals surface area contributed by atoms with Crippen LogP contribution in [0.5, 0.6) is 0 Å². The van der Waals surface area contributed by atoms with Crippen molar-refractivity contribution in [2.75, 3.05) is 0 Å². The Kier molecular flexibility index (Phi) is 5.46. The Hall–Kier alpha value is -2.63. The van der Waals surface area contributed by atoms with Crippen LogP contribution in [0.25, 0.3) is 0 Å². The first-order valence-electron chi connectivity index (χ1n) is 5.95. The van der Waals surface area contributed by atoms with Crippen LogP contribution >= 0.6 is 0 Å². The predicted octanol–water partition coefficient (Wildman–Crippen LogP) is 1.43. The molecule has 0 radical (unpaired) electrons. The first kappa shape index (κ1) is 15.4. The number of carbonyl (C=O) groups excluding carboxylic acids is 2. The number of hydrogen-bond donors (Lipinski definition) is 3. The van der Waals surface area contributed by atoms with Crippen molar-refractivity contribution in [2.45, 2.75) is 20.4 Å². The number of carboxylic acid groups (broad SMARTS) is 1. The minimum atomic E-state index is -1.19. The molecule has 0 fully saturated rings.